The van der Waals surface area contributed by atoms with E-state index in [1.807, 2.05) is 6.92 Å². The number of primary amides is 2. The van der Waals surface area contributed by atoms with Crippen molar-refractivity contribution in [2.75, 3.05) is 133 Å². The lowest BCUT2D eigenvalue weighted by Crippen LogP contribution is -2.48. The normalized spacial score (nSPS) is 11.4. The highest BCUT2D eigenvalue weighted by atomic mass is 16.5. The first-order valence-corrected chi connectivity index (χ1v) is 17.0. The van der Waals surface area contributed by atoms with Gasteiger partial charge in [0.1, 0.15) is 6.04 Å². The Morgan fingerprint density at radius 3 is 1.55 bits per heavy atom. The van der Waals surface area contributed by atoms with Crippen molar-refractivity contribution >= 4 is 35.6 Å². The van der Waals surface area contributed by atoms with Crippen LogP contribution in [0.5, 0.6) is 0 Å². The van der Waals surface area contributed by atoms with E-state index < -0.39 is 29.8 Å². The van der Waals surface area contributed by atoms with Gasteiger partial charge in [-0.25, -0.2) is 4.79 Å². The zero-order chi connectivity index (χ0) is 38.1. The molecule has 0 aromatic carbocycles. The van der Waals surface area contributed by atoms with Gasteiger partial charge in [0.15, 0.2) is 0 Å². The molecule has 0 saturated heterocycles. The zero-order valence-corrected chi connectivity index (χ0v) is 30.4. The van der Waals surface area contributed by atoms with Gasteiger partial charge < -0.3 is 65.6 Å². The van der Waals surface area contributed by atoms with Gasteiger partial charge in [-0.15, -0.1) is 0 Å². The third kappa shape index (κ3) is 29.7. The fourth-order valence-electron chi connectivity index (χ4n) is 3.81. The van der Waals surface area contributed by atoms with Gasteiger partial charge in [-0.3, -0.25) is 29.3 Å². The number of nitrogens with one attached hydrogen (secondary N) is 4. The van der Waals surface area contributed by atoms with Crippen molar-refractivity contribution in [2.45, 2.75) is 32.2 Å². The van der Waals surface area contributed by atoms with E-state index in [9.17, 15) is 28.8 Å². The van der Waals surface area contributed by atoms with Crippen LogP contribution in [0.3, 0.4) is 0 Å². The number of hydrogen-bond acceptors (Lipinski definition) is 13. The van der Waals surface area contributed by atoms with Crippen molar-refractivity contribution in [1.82, 2.24) is 31.1 Å². The van der Waals surface area contributed by atoms with Gasteiger partial charge >= 0.3 is 6.03 Å². The molecule has 0 spiro atoms. The number of ether oxygens (including phenoxy) is 6. The van der Waals surface area contributed by atoms with Gasteiger partial charge in [0.05, 0.1) is 92.3 Å². The van der Waals surface area contributed by atoms with Crippen LogP contribution in [0.2, 0.25) is 0 Å². The van der Waals surface area contributed by atoms with E-state index in [-0.39, 0.29) is 70.7 Å². The molecule has 0 aliphatic carbocycles. The Morgan fingerprint density at radius 1 is 0.608 bits per heavy atom. The minimum atomic E-state index is -0.945. The third-order valence-corrected chi connectivity index (χ3v) is 6.81. The first-order valence-electron chi connectivity index (χ1n) is 17.0. The molecule has 7 amide bonds. The summed E-state index contributed by atoms with van der Waals surface area (Å²) in [6, 6.07) is -1.64. The van der Waals surface area contributed by atoms with Crippen LogP contribution in [-0.2, 0) is 52.4 Å². The Hall–Kier alpha value is -3.66. The smallest absolute Gasteiger partial charge is 0.312 e. The van der Waals surface area contributed by atoms with Crippen LogP contribution in [0.4, 0.5) is 4.79 Å². The van der Waals surface area contributed by atoms with Crippen molar-refractivity contribution in [1.29, 1.82) is 0 Å². The topological polar surface area (TPSA) is 264 Å². The summed E-state index contributed by atoms with van der Waals surface area (Å²) in [6.45, 7) is 7.26. The molecular formula is C31H60N8O12. The summed E-state index contributed by atoms with van der Waals surface area (Å²) in [4.78, 5) is 73.8. The highest BCUT2D eigenvalue weighted by Gasteiger charge is 2.18. The molecule has 0 aliphatic rings. The predicted octanol–water partition coefficient (Wildman–Crippen LogP) is -3.46. The van der Waals surface area contributed by atoms with Crippen molar-refractivity contribution in [3.05, 3.63) is 0 Å². The molecule has 0 aromatic heterocycles. The molecule has 20 nitrogen and oxygen atoms in total. The summed E-state index contributed by atoms with van der Waals surface area (Å²) in [5.41, 5.74) is 10.2. The molecule has 1 unspecified atom stereocenters. The Morgan fingerprint density at radius 2 is 1.08 bits per heavy atom. The standard InChI is InChI=1S/C31H60N8O12/c1-4-46-14-15-50-20-17-48-12-9-38(2)28(42)23-34-24-29(43)39(3)10-13-49-18-21-51-19-16-47-11-7-26(40)36-22-27(41)37-25(30(32)44)6-5-8-35-31(33)45/h25,34H,4-24H2,1-3H3,(H2,32,44)(H,36,40)(H,37,41)(H3,33,35,45). The van der Waals surface area contributed by atoms with E-state index in [4.69, 9.17) is 39.9 Å². The molecule has 51 heavy (non-hydrogen) atoms. The highest BCUT2D eigenvalue weighted by Crippen LogP contribution is 1.96. The van der Waals surface area contributed by atoms with E-state index in [1.54, 1.807) is 14.1 Å². The number of carbonyl (C=O) groups is 6. The average molecular weight is 737 g/mol. The van der Waals surface area contributed by atoms with Crippen LogP contribution in [-0.4, -0.2) is 184 Å². The minimum absolute atomic E-state index is 0.0171. The van der Waals surface area contributed by atoms with Crippen LogP contribution in [0.15, 0.2) is 0 Å². The molecular weight excluding hydrogens is 676 g/mol. The largest absolute Gasteiger partial charge is 0.379 e. The van der Waals surface area contributed by atoms with E-state index in [0.29, 0.717) is 79.0 Å². The first-order chi connectivity index (χ1) is 24.5. The lowest BCUT2D eigenvalue weighted by molar-refractivity contribution is -0.131. The summed E-state index contributed by atoms with van der Waals surface area (Å²) in [5, 5.41) is 10.1. The van der Waals surface area contributed by atoms with Crippen molar-refractivity contribution < 1.29 is 57.2 Å². The number of amides is 7. The fraction of sp³-hybridized carbons (Fsp3) is 0.806. The zero-order valence-electron chi connectivity index (χ0n) is 30.4. The number of hydrogen-bond donors (Lipinski definition) is 6. The Balaban J connectivity index is 3.73. The molecule has 0 bridgehead atoms. The minimum Gasteiger partial charge on any atom is -0.379 e. The molecule has 0 heterocycles. The summed E-state index contributed by atoms with van der Waals surface area (Å²) in [5.74, 6) is -2.06. The molecule has 20 heteroatoms. The molecule has 0 fully saturated rings. The molecule has 1 atom stereocenters. The summed E-state index contributed by atoms with van der Waals surface area (Å²) < 4.78 is 32.3. The number of carbonyl (C=O) groups excluding carboxylic acids is 6. The van der Waals surface area contributed by atoms with E-state index in [1.165, 1.54) is 9.80 Å². The molecule has 0 radical (unpaired) electrons. The molecule has 296 valence electrons. The molecule has 8 N–H and O–H groups in total. The second-order valence-electron chi connectivity index (χ2n) is 11.0. The predicted molar refractivity (Wildman–Crippen MR) is 184 cm³/mol. The number of nitrogens with two attached hydrogens (primary N) is 2. The summed E-state index contributed by atoms with van der Waals surface area (Å²) >= 11 is 0. The summed E-state index contributed by atoms with van der Waals surface area (Å²) in [6.07, 6.45) is 0.586. The maximum atomic E-state index is 12.3. The van der Waals surface area contributed by atoms with Gasteiger partial charge in [-0.05, 0) is 19.8 Å². The van der Waals surface area contributed by atoms with Gasteiger partial charge in [-0.1, -0.05) is 0 Å². The quantitative estimate of drug-likeness (QED) is 0.0352. The Labute approximate surface area is 300 Å². The highest BCUT2D eigenvalue weighted by molar-refractivity contribution is 5.89. The van der Waals surface area contributed by atoms with Crippen molar-refractivity contribution in [3.8, 4) is 0 Å². The van der Waals surface area contributed by atoms with Crippen LogP contribution in [0, 0.1) is 0 Å². The number of nitrogens with zero attached hydrogens (tertiary/aromatic N) is 2. The number of rotatable bonds is 34. The lowest BCUT2D eigenvalue weighted by atomic mass is 10.1. The monoisotopic (exact) mass is 736 g/mol. The first kappa shape index (κ1) is 47.3. The van der Waals surface area contributed by atoms with Gasteiger partial charge in [0.2, 0.25) is 29.5 Å². The Bertz CT molecular complexity index is 994. The third-order valence-electron chi connectivity index (χ3n) is 6.81. The maximum absolute atomic E-state index is 12.3. The molecule has 0 aromatic rings. The van der Waals surface area contributed by atoms with E-state index in [2.05, 4.69) is 21.3 Å². The van der Waals surface area contributed by atoms with Crippen molar-refractivity contribution in [2.24, 2.45) is 11.5 Å². The molecule has 0 saturated carbocycles. The van der Waals surface area contributed by atoms with E-state index >= 15 is 0 Å². The second-order valence-corrected chi connectivity index (χ2v) is 11.0. The van der Waals surface area contributed by atoms with Gasteiger partial charge in [0.25, 0.3) is 0 Å². The molecule has 0 aliphatic heterocycles. The second kappa shape index (κ2) is 32.3. The Kier molecular flexibility index (Phi) is 29.9. The van der Waals surface area contributed by atoms with Crippen LogP contribution >= 0.6 is 0 Å². The lowest BCUT2D eigenvalue weighted by Gasteiger charge is -2.19. The van der Waals surface area contributed by atoms with Gasteiger partial charge in [-0.2, -0.15) is 0 Å². The molecule has 0 rings (SSSR count). The van der Waals surface area contributed by atoms with Crippen LogP contribution < -0.4 is 32.7 Å². The number of urea groups is 1. The van der Waals surface area contributed by atoms with Crippen LogP contribution in [0.1, 0.15) is 26.2 Å². The fourth-order valence-corrected chi connectivity index (χ4v) is 3.81. The van der Waals surface area contributed by atoms with Gasteiger partial charge in [0, 0.05) is 46.8 Å². The van der Waals surface area contributed by atoms with E-state index in [0.717, 1.165) is 0 Å². The maximum Gasteiger partial charge on any atom is 0.312 e. The summed E-state index contributed by atoms with van der Waals surface area (Å²) in [7, 11) is 3.33. The van der Waals surface area contributed by atoms with Crippen molar-refractivity contribution in [3.63, 3.8) is 0 Å². The SMILES string of the molecule is CCOCCOCCOCCN(C)C(=O)CNCC(=O)N(C)CCOCCOCCOCCC(=O)NCC(=O)NC(CCCNC(N)=O)C(N)=O. The number of likely N-dealkylation sites (N-methyl/N-ethyl adjacent to an activating group) is 2. The average Bonchev–Trinajstić information content (AvgIpc) is 3.09. The van der Waals surface area contributed by atoms with Crippen LogP contribution in [0.25, 0.3) is 0 Å².